The number of nitrogen functional groups attached to an aromatic ring is 1. The second kappa shape index (κ2) is 6.13. The molecule has 2 rings (SSSR count). The summed E-state index contributed by atoms with van der Waals surface area (Å²) in [6.07, 6.45) is 0. The van der Waals surface area contributed by atoms with E-state index in [-0.39, 0.29) is 16.3 Å². The molecule has 0 aromatic heterocycles. The fourth-order valence-electron chi connectivity index (χ4n) is 1.96. The molecule has 0 unspecified atom stereocenters. The lowest BCUT2D eigenvalue weighted by Gasteiger charge is -2.10. The number of nitrogens with two attached hydrogens (primary N) is 1. The van der Waals surface area contributed by atoms with E-state index in [0.717, 1.165) is 0 Å². The Morgan fingerprint density at radius 3 is 2.62 bits per heavy atom. The topological polar surface area (TPSA) is 69.4 Å². The van der Waals surface area contributed by atoms with E-state index in [9.17, 15) is 12.8 Å². The molecule has 0 saturated carbocycles. The molecule has 112 valence electrons. The molecule has 6 heteroatoms. The zero-order chi connectivity index (χ0) is 15.5. The van der Waals surface area contributed by atoms with Gasteiger partial charge in [0.15, 0.2) is 9.84 Å². The highest BCUT2D eigenvalue weighted by atomic mass is 32.2. The smallest absolute Gasteiger partial charge is 0.184 e. The van der Waals surface area contributed by atoms with Crippen molar-refractivity contribution in [2.75, 3.05) is 12.3 Å². The maximum atomic E-state index is 13.1. The molecule has 0 aliphatic carbocycles. The van der Waals surface area contributed by atoms with Crippen LogP contribution >= 0.6 is 0 Å². The van der Waals surface area contributed by atoms with Crippen LogP contribution in [-0.4, -0.2) is 15.0 Å². The molecule has 21 heavy (non-hydrogen) atoms. The van der Waals surface area contributed by atoms with Crippen LogP contribution < -0.4 is 10.5 Å². The lowest BCUT2D eigenvalue weighted by atomic mass is 10.2. The number of benzene rings is 2. The third-order valence-electron chi connectivity index (χ3n) is 2.88. The van der Waals surface area contributed by atoms with E-state index in [4.69, 9.17) is 10.5 Å². The Labute approximate surface area is 123 Å². The van der Waals surface area contributed by atoms with Crippen LogP contribution in [0.3, 0.4) is 0 Å². The van der Waals surface area contributed by atoms with Crippen molar-refractivity contribution in [1.29, 1.82) is 0 Å². The first kappa shape index (κ1) is 15.3. The van der Waals surface area contributed by atoms with Crippen molar-refractivity contribution in [3.63, 3.8) is 0 Å². The number of ether oxygens (including phenoxy) is 1. The molecule has 0 spiro atoms. The van der Waals surface area contributed by atoms with Crippen LogP contribution in [-0.2, 0) is 15.6 Å². The van der Waals surface area contributed by atoms with Crippen molar-refractivity contribution >= 4 is 15.5 Å². The molecular weight excluding hydrogens is 293 g/mol. The molecule has 0 radical (unpaired) electrons. The van der Waals surface area contributed by atoms with Crippen molar-refractivity contribution in [3.05, 3.63) is 53.8 Å². The van der Waals surface area contributed by atoms with Gasteiger partial charge >= 0.3 is 0 Å². The Balaban J connectivity index is 2.37. The lowest BCUT2D eigenvalue weighted by Crippen LogP contribution is -2.08. The highest BCUT2D eigenvalue weighted by molar-refractivity contribution is 7.90. The summed E-state index contributed by atoms with van der Waals surface area (Å²) in [5, 5.41) is 0. The summed E-state index contributed by atoms with van der Waals surface area (Å²) in [6, 6.07) is 9.99. The van der Waals surface area contributed by atoms with Gasteiger partial charge < -0.3 is 10.5 Å². The van der Waals surface area contributed by atoms with Gasteiger partial charge in [-0.1, -0.05) is 12.1 Å². The minimum Gasteiger partial charge on any atom is -0.494 e. The molecule has 2 N–H and O–H groups in total. The van der Waals surface area contributed by atoms with Crippen LogP contribution in [0.2, 0.25) is 0 Å². The van der Waals surface area contributed by atoms with Gasteiger partial charge in [-0.25, -0.2) is 12.8 Å². The van der Waals surface area contributed by atoms with E-state index < -0.39 is 15.7 Å². The molecule has 0 aliphatic rings. The largest absolute Gasteiger partial charge is 0.494 e. The van der Waals surface area contributed by atoms with E-state index in [1.807, 2.05) is 0 Å². The molecule has 4 nitrogen and oxygen atoms in total. The van der Waals surface area contributed by atoms with E-state index >= 15 is 0 Å². The van der Waals surface area contributed by atoms with Gasteiger partial charge in [0.05, 0.1) is 22.9 Å². The number of rotatable bonds is 5. The molecule has 2 aromatic rings. The average molecular weight is 309 g/mol. The van der Waals surface area contributed by atoms with Crippen LogP contribution in [0.15, 0.2) is 47.4 Å². The summed E-state index contributed by atoms with van der Waals surface area (Å²) in [5.74, 6) is -0.354. The molecule has 2 aromatic carbocycles. The molecule has 0 bridgehead atoms. The van der Waals surface area contributed by atoms with Gasteiger partial charge in [0.25, 0.3) is 0 Å². The van der Waals surface area contributed by atoms with Crippen molar-refractivity contribution in [2.45, 2.75) is 17.6 Å². The number of anilines is 1. The summed E-state index contributed by atoms with van der Waals surface area (Å²) < 4.78 is 43.3. The predicted molar refractivity (Wildman–Crippen MR) is 79.3 cm³/mol. The van der Waals surface area contributed by atoms with E-state index in [0.29, 0.717) is 17.9 Å². The SMILES string of the molecule is CCOc1ccc(N)c(S(=O)(=O)Cc2cccc(F)c2)c1. The highest BCUT2D eigenvalue weighted by Gasteiger charge is 2.19. The van der Waals surface area contributed by atoms with Crippen molar-refractivity contribution in [3.8, 4) is 5.75 Å². The Kier molecular flexibility index (Phi) is 4.47. The van der Waals surface area contributed by atoms with Gasteiger partial charge in [0.1, 0.15) is 11.6 Å². The first-order valence-electron chi connectivity index (χ1n) is 6.42. The monoisotopic (exact) mass is 309 g/mol. The van der Waals surface area contributed by atoms with E-state index in [1.165, 1.54) is 30.3 Å². The summed E-state index contributed by atoms with van der Waals surface area (Å²) in [7, 11) is -3.67. The Morgan fingerprint density at radius 1 is 1.19 bits per heavy atom. The third-order valence-corrected chi connectivity index (χ3v) is 4.61. The van der Waals surface area contributed by atoms with Gasteiger partial charge in [-0.3, -0.25) is 0 Å². The van der Waals surface area contributed by atoms with Gasteiger partial charge in [-0.05, 0) is 36.8 Å². The van der Waals surface area contributed by atoms with Crippen molar-refractivity contribution in [1.82, 2.24) is 0 Å². The number of halogens is 1. The predicted octanol–water partition coefficient (Wildman–Crippen LogP) is 2.78. The molecule has 0 amide bonds. The quantitative estimate of drug-likeness (QED) is 0.862. The summed E-state index contributed by atoms with van der Waals surface area (Å²) in [4.78, 5) is -0.00212. The molecule has 0 fully saturated rings. The summed E-state index contributed by atoms with van der Waals surface area (Å²) in [6.45, 7) is 2.23. The van der Waals surface area contributed by atoms with Crippen LogP contribution in [0.1, 0.15) is 12.5 Å². The number of hydrogen-bond acceptors (Lipinski definition) is 4. The maximum absolute atomic E-state index is 13.1. The molecule has 0 atom stereocenters. The summed E-state index contributed by atoms with van der Waals surface area (Å²) >= 11 is 0. The Morgan fingerprint density at radius 2 is 1.95 bits per heavy atom. The first-order chi connectivity index (χ1) is 9.92. The standard InChI is InChI=1S/C15H16FNO3S/c1-2-20-13-6-7-14(17)15(9-13)21(18,19)10-11-4-3-5-12(16)8-11/h3-9H,2,10,17H2,1H3. The average Bonchev–Trinajstić information content (AvgIpc) is 2.40. The third kappa shape index (κ3) is 3.72. The molecular formula is C15H16FNO3S. The second-order valence-electron chi connectivity index (χ2n) is 4.52. The number of sulfone groups is 1. The zero-order valence-corrected chi connectivity index (χ0v) is 12.4. The second-order valence-corrected chi connectivity index (χ2v) is 6.48. The van der Waals surface area contributed by atoms with Crippen LogP contribution in [0.4, 0.5) is 10.1 Å². The van der Waals surface area contributed by atoms with Gasteiger partial charge in [0.2, 0.25) is 0 Å². The van der Waals surface area contributed by atoms with Crippen LogP contribution in [0.25, 0.3) is 0 Å². The van der Waals surface area contributed by atoms with E-state index in [1.54, 1.807) is 19.1 Å². The van der Waals surface area contributed by atoms with Crippen LogP contribution in [0.5, 0.6) is 5.75 Å². The Bertz CT molecular complexity index is 744. The molecule has 0 heterocycles. The van der Waals surface area contributed by atoms with Crippen LogP contribution in [0, 0.1) is 5.82 Å². The fraction of sp³-hybridized carbons (Fsp3) is 0.200. The zero-order valence-electron chi connectivity index (χ0n) is 11.5. The molecule has 0 aliphatic heterocycles. The maximum Gasteiger partial charge on any atom is 0.184 e. The summed E-state index contributed by atoms with van der Waals surface area (Å²) in [5.41, 5.74) is 6.27. The lowest BCUT2D eigenvalue weighted by molar-refractivity contribution is 0.339. The number of hydrogen-bond donors (Lipinski definition) is 1. The minimum atomic E-state index is -3.67. The van der Waals surface area contributed by atoms with Gasteiger partial charge in [-0.2, -0.15) is 0 Å². The minimum absolute atomic E-state index is 0.00212. The first-order valence-corrected chi connectivity index (χ1v) is 8.07. The highest BCUT2D eigenvalue weighted by Crippen LogP contribution is 2.27. The van der Waals surface area contributed by atoms with Gasteiger partial charge in [0, 0.05) is 6.07 Å². The molecule has 0 saturated heterocycles. The van der Waals surface area contributed by atoms with Gasteiger partial charge in [-0.15, -0.1) is 0 Å². The normalized spacial score (nSPS) is 11.3. The fourth-order valence-corrected chi connectivity index (χ4v) is 3.46. The van der Waals surface area contributed by atoms with Crippen molar-refractivity contribution < 1.29 is 17.5 Å². The Hall–Kier alpha value is -2.08. The van der Waals surface area contributed by atoms with Crippen molar-refractivity contribution in [2.24, 2.45) is 0 Å². The van der Waals surface area contributed by atoms with E-state index in [2.05, 4.69) is 0 Å².